The summed E-state index contributed by atoms with van der Waals surface area (Å²) in [7, 11) is 0. The average Bonchev–Trinajstić information content (AvgIpc) is 3.44. The smallest absolute Gasteiger partial charge is 0.437 e. The van der Waals surface area contributed by atoms with Crippen molar-refractivity contribution in [2.45, 2.75) is 12.6 Å². The van der Waals surface area contributed by atoms with E-state index >= 15 is 0 Å². The fourth-order valence-corrected chi connectivity index (χ4v) is 3.48. The molecule has 0 aliphatic rings. The molecule has 28 heavy (non-hydrogen) atoms. The average molecular weight is 399 g/mol. The lowest BCUT2D eigenvalue weighted by molar-refractivity contribution is -0.122. The van der Waals surface area contributed by atoms with Gasteiger partial charge in [0, 0.05) is 4.88 Å². The summed E-state index contributed by atoms with van der Waals surface area (Å²) in [5.41, 5.74) is 0.723. The molecule has 1 amide bonds. The maximum atomic E-state index is 13.3. The monoisotopic (exact) mass is 399 g/mol. The highest BCUT2D eigenvalue weighted by atomic mass is 32.1. The zero-order valence-corrected chi connectivity index (χ0v) is 15.2. The highest BCUT2D eigenvalue weighted by Gasteiger charge is 2.20. The molecule has 0 aliphatic carbocycles. The van der Waals surface area contributed by atoms with E-state index < -0.39 is 17.7 Å². The molecule has 0 fully saturated rings. The highest BCUT2D eigenvalue weighted by molar-refractivity contribution is 7.10. The minimum atomic E-state index is -0.768. The summed E-state index contributed by atoms with van der Waals surface area (Å²) in [5, 5.41) is 8.73. The van der Waals surface area contributed by atoms with Gasteiger partial charge in [-0.1, -0.05) is 18.2 Å². The van der Waals surface area contributed by atoms with Crippen LogP contribution in [0.2, 0.25) is 0 Å². The van der Waals surface area contributed by atoms with Gasteiger partial charge in [-0.05, 0) is 41.3 Å². The maximum Gasteiger partial charge on any atom is 0.437 e. The second-order valence-corrected chi connectivity index (χ2v) is 6.85. The third-order valence-corrected chi connectivity index (χ3v) is 4.91. The normalized spacial score (nSPS) is 12.0. The van der Waals surface area contributed by atoms with Crippen molar-refractivity contribution in [1.29, 1.82) is 0 Å². The maximum absolute atomic E-state index is 13.3. The van der Waals surface area contributed by atoms with Gasteiger partial charge < -0.3 is 14.2 Å². The number of thiophene rings is 1. The molecule has 4 rings (SSSR count). The van der Waals surface area contributed by atoms with E-state index in [1.165, 1.54) is 29.7 Å². The summed E-state index contributed by atoms with van der Waals surface area (Å²) >= 11 is 1.46. The number of hydrogen-bond acceptors (Lipinski definition) is 6. The molecule has 0 radical (unpaired) electrons. The van der Waals surface area contributed by atoms with Crippen molar-refractivity contribution in [3.8, 4) is 11.7 Å². The summed E-state index contributed by atoms with van der Waals surface area (Å²) < 4.78 is 24.3. The van der Waals surface area contributed by atoms with Crippen molar-refractivity contribution in [2.24, 2.45) is 0 Å². The van der Waals surface area contributed by atoms with Crippen molar-refractivity contribution < 1.29 is 18.0 Å². The van der Waals surface area contributed by atoms with Gasteiger partial charge in [0.1, 0.15) is 12.4 Å². The highest BCUT2D eigenvalue weighted by Crippen LogP contribution is 2.26. The zero-order chi connectivity index (χ0) is 19.5. The van der Waals surface area contributed by atoms with Crippen LogP contribution < -0.4 is 11.1 Å². The van der Waals surface area contributed by atoms with Gasteiger partial charge in [-0.2, -0.15) is 4.68 Å². The minimum absolute atomic E-state index is 0.00357. The number of carbonyl (C=O) groups excluding carboxylic acids is 1. The summed E-state index contributed by atoms with van der Waals surface area (Å²) in [6, 6.07) is 12.4. The summed E-state index contributed by atoms with van der Waals surface area (Å²) in [6.07, 6.45) is 1.43. The van der Waals surface area contributed by atoms with E-state index in [4.69, 9.17) is 8.83 Å². The molecular formula is C19H14FN3O4S. The molecule has 3 heterocycles. The Morgan fingerprint density at radius 3 is 2.71 bits per heavy atom. The number of carbonyl (C=O) groups is 1. The number of halogens is 1. The number of amides is 1. The molecule has 0 spiro atoms. The van der Waals surface area contributed by atoms with Crippen LogP contribution in [-0.2, 0) is 11.3 Å². The Hall–Kier alpha value is -3.46. The Bertz CT molecular complexity index is 1120. The molecule has 9 heteroatoms. The third-order valence-electron chi connectivity index (χ3n) is 3.97. The second kappa shape index (κ2) is 7.65. The predicted octanol–water partition coefficient (Wildman–Crippen LogP) is 3.20. The molecule has 0 saturated carbocycles. The Morgan fingerprint density at radius 2 is 2.04 bits per heavy atom. The van der Waals surface area contributed by atoms with Crippen LogP contribution >= 0.6 is 11.3 Å². The van der Waals surface area contributed by atoms with E-state index in [0.717, 1.165) is 15.1 Å². The molecule has 1 unspecified atom stereocenters. The van der Waals surface area contributed by atoms with E-state index in [2.05, 4.69) is 10.4 Å². The van der Waals surface area contributed by atoms with Crippen LogP contribution in [0.25, 0.3) is 11.7 Å². The Morgan fingerprint density at radius 1 is 1.21 bits per heavy atom. The number of nitrogens with one attached hydrogen (secondary N) is 1. The van der Waals surface area contributed by atoms with Crippen molar-refractivity contribution >= 4 is 17.2 Å². The Balaban J connectivity index is 1.54. The first-order valence-corrected chi connectivity index (χ1v) is 9.18. The molecule has 3 aromatic heterocycles. The van der Waals surface area contributed by atoms with Crippen LogP contribution in [0.1, 0.15) is 16.5 Å². The van der Waals surface area contributed by atoms with Crippen LogP contribution in [0.3, 0.4) is 0 Å². The third kappa shape index (κ3) is 3.79. The largest absolute Gasteiger partial charge is 0.459 e. The Labute approximate surface area is 162 Å². The SMILES string of the molecule is O=C(Cn1nc(-c2ccco2)oc1=O)NC(c1ccc(F)cc1)c1cccs1. The van der Waals surface area contributed by atoms with Gasteiger partial charge in [-0.15, -0.1) is 16.4 Å². The van der Waals surface area contributed by atoms with Crippen molar-refractivity contribution in [3.05, 3.63) is 87.0 Å². The van der Waals surface area contributed by atoms with Crippen molar-refractivity contribution in [1.82, 2.24) is 15.1 Å². The molecule has 1 N–H and O–H groups in total. The Kier molecular flexibility index (Phi) is 4.90. The standard InChI is InChI=1S/C19H14FN3O4S/c20-13-7-5-12(6-8-13)17(15-4-2-10-28-15)21-16(24)11-23-19(25)27-18(22-23)14-3-1-9-26-14/h1-10,17H,11H2,(H,21,24). The van der Waals surface area contributed by atoms with Gasteiger partial charge in [0.05, 0.1) is 12.3 Å². The molecular weight excluding hydrogens is 385 g/mol. The van der Waals surface area contributed by atoms with Crippen molar-refractivity contribution in [3.63, 3.8) is 0 Å². The summed E-state index contributed by atoms with van der Waals surface area (Å²) in [4.78, 5) is 25.4. The van der Waals surface area contributed by atoms with E-state index in [0.29, 0.717) is 5.76 Å². The summed E-state index contributed by atoms with van der Waals surface area (Å²) in [6.45, 7) is -0.327. The lowest BCUT2D eigenvalue weighted by atomic mass is 10.1. The van der Waals surface area contributed by atoms with E-state index in [1.807, 2.05) is 17.5 Å². The molecule has 0 saturated heterocycles. The van der Waals surface area contributed by atoms with Gasteiger partial charge in [0.2, 0.25) is 5.91 Å². The number of aromatic nitrogens is 2. The first-order valence-electron chi connectivity index (χ1n) is 8.30. The number of nitrogens with zero attached hydrogens (tertiary/aromatic N) is 2. The molecule has 1 aromatic carbocycles. The number of hydrogen-bond donors (Lipinski definition) is 1. The van der Waals surface area contributed by atoms with Gasteiger partial charge in [0.15, 0.2) is 5.76 Å². The fraction of sp³-hybridized carbons (Fsp3) is 0.105. The first kappa shape index (κ1) is 17.9. The topological polar surface area (TPSA) is 90.3 Å². The quantitative estimate of drug-likeness (QED) is 0.538. The van der Waals surface area contributed by atoms with Gasteiger partial charge in [-0.25, -0.2) is 9.18 Å². The van der Waals surface area contributed by atoms with Gasteiger partial charge in [0.25, 0.3) is 5.89 Å². The fourth-order valence-electron chi connectivity index (χ4n) is 2.68. The lowest BCUT2D eigenvalue weighted by Crippen LogP contribution is -2.34. The first-order chi connectivity index (χ1) is 13.6. The molecule has 0 aliphatic heterocycles. The minimum Gasteiger partial charge on any atom is -0.459 e. The second-order valence-electron chi connectivity index (χ2n) is 5.88. The number of benzene rings is 1. The zero-order valence-electron chi connectivity index (χ0n) is 14.4. The van der Waals surface area contributed by atoms with Crippen LogP contribution in [0.5, 0.6) is 0 Å². The van der Waals surface area contributed by atoms with Crippen LogP contribution in [0, 0.1) is 5.82 Å². The molecule has 4 aromatic rings. The summed E-state index contributed by atoms with van der Waals surface area (Å²) in [5.74, 6) is -1.28. The van der Waals surface area contributed by atoms with Gasteiger partial charge >= 0.3 is 5.76 Å². The predicted molar refractivity (Wildman–Crippen MR) is 99.2 cm³/mol. The molecule has 7 nitrogen and oxygen atoms in total. The van der Waals surface area contributed by atoms with E-state index in [-0.39, 0.29) is 18.3 Å². The number of rotatable bonds is 6. The van der Waals surface area contributed by atoms with Crippen LogP contribution in [0.15, 0.2) is 73.8 Å². The van der Waals surface area contributed by atoms with Crippen molar-refractivity contribution in [2.75, 3.05) is 0 Å². The molecule has 1 atom stereocenters. The van der Waals surface area contributed by atoms with Gasteiger partial charge in [-0.3, -0.25) is 4.79 Å². The molecule has 142 valence electrons. The van der Waals surface area contributed by atoms with Crippen LogP contribution in [-0.4, -0.2) is 15.7 Å². The van der Waals surface area contributed by atoms with E-state index in [9.17, 15) is 14.0 Å². The van der Waals surface area contributed by atoms with E-state index in [1.54, 1.807) is 24.3 Å². The van der Waals surface area contributed by atoms with Crippen LogP contribution in [0.4, 0.5) is 4.39 Å². The number of furan rings is 1. The lowest BCUT2D eigenvalue weighted by Gasteiger charge is -2.18. The molecule has 0 bridgehead atoms.